The van der Waals surface area contributed by atoms with Crippen LogP contribution in [-0.2, 0) is 30.7 Å². The predicted molar refractivity (Wildman–Crippen MR) is 54.9 cm³/mol. The molecule has 0 aromatic heterocycles. The van der Waals surface area contributed by atoms with Gasteiger partial charge in [-0.05, 0) is 0 Å². The molecule has 1 saturated carbocycles. The summed E-state index contributed by atoms with van der Waals surface area (Å²) in [7, 11) is 0. The minimum absolute atomic E-state index is 0. The first-order valence-corrected chi connectivity index (χ1v) is 3.86. The Bertz CT molecular complexity index is 85.1. The summed E-state index contributed by atoms with van der Waals surface area (Å²) in [5.41, 5.74) is 0. The number of nitrogens with two attached hydrogens (primary N) is 2. The molecular weight excluding hydrogens is 383 g/mol. The van der Waals surface area contributed by atoms with Crippen LogP contribution in [0.5, 0.6) is 0 Å². The third-order valence-corrected chi connectivity index (χ3v) is 1.50. The van der Waals surface area contributed by atoms with E-state index in [0.29, 0.717) is 12.9 Å². The van der Waals surface area contributed by atoms with Gasteiger partial charge in [0.25, 0.3) is 0 Å². The summed E-state index contributed by atoms with van der Waals surface area (Å²) in [6.07, 6.45) is 9.00. The topological polar surface area (TPSA) is 142 Å². The van der Waals surface area contributed by atoms with Crippen molar-refractivity contribution < 1.29 is 40.9 Å². The van der Waals surface area contributed by atoms with E-state index < -0.39 is 0 Å². The van der Waals surface area contributed by atoms with Crippen LogP contribution in [0.3, 0.4) is 0 Å². The van der Waals surface area contributed by atoms with E-state index in [0.717, 1.165) is 0 Å². The van der Waals surface area contributed by atoms with Gasteiger partial charge in [0.05, 0.1) is 0 Å². The fourth-order valence-corrected chi connectivity index (χ4v) is 1.06. The molecule has 0 unspecified atom stereocenters. The Balaban J connectivity index is -0.0000000333. The first kappa shape index (κ1) is 29.3. The molecule has 6 nitrogen and oxygen atoms in total. The summed E-state index contributed by atoms with van der Waals surface area (Å²) in [6, 6.07) is 0. The second-order valence-corrected chi connectivity index (χ2v) is 2.30. The smallest absolute Gasteiger partial charge is 0.693 e. The van der Waals surface area contributed by atoms with Crippen molar-refractivity contribution in [1.29, 1.82) is 0 Å². The van der Waals surface area contributed by atoms with Gasteiger partial charge in [0.2, 0.25) is 0 Å². The first-order chi connectivity index (χ1) is 5.83. The van der Waals surface area contributed by atoms with E-state index in [1.807, 2.05) is 0 Å². The van der Waals surface area contributed by atoms with E-state index in [1.54, 1.807) is 0 Å². The molecule has 15 heavy (non-hydrogen) atoms. The summed E-state index contributed by atoms with van der Waals surface area (Å²) in [5, 5.41) is 13.5. The third-order valence-electron chi connectivity index (χ3n) is 1.50. The van der Waals surface area contributed by atoms with E-state index in [1.165, 1.54) is 38.5 Å². The Labute approximate surface area is 105 Å². The van der Waals surface area contributed by atoms with Crippen LogP contribution in [0.25, 0.3) is 12.3 Å². The van der Waals surface area contributed by atoms with Gasteiger partial charge in [0, 0.05) is 0 Å². The van der Waals surface area contributed by atoms with Crippen LogP contribution in [0, 0.1) is 0 Å². The van der Waals surface area contributed by atoms with Gasteiger partial charge in [-0.15, -0.1) is 0 Å². The summed E-state index contributed by atoms with van der Waals surface area (Å²) in [6.45, 7) is 1.00. The molecule has 0 atom stereocenters. The van der Waals surface area contributed by atoms with E-state index >= 15 is 0 Å². The quantitative estimate of drug-likeness (QED) is 0.602. The average Bonchev–Trinajstić information content (AvgIpc) is 2.10. The molecule has 0 amide bonds. The van der Waals surface area contributed by atoms with Gasteiger partial charge >= 0.3 is 21.1 Å². The van der Waals surface area contributed by atoms with Gasteiger partial charge in [-0.1, -0.05) is 51.5 Å². The van der Waals surface area contributed by atoms with Crippen molar-refractivity contribution in [3.05, 3.63) is 12.3 Å². The SMILES string of the molecule is C1CCCCC1.O=[C-]O.O=[C-]O.[NH2-].[NH2-].[Pt+4]. The van der Waals surface area contributed by atoms with Crippen LogP contribution in [0.4, 0.5) is 0 Å². The van der Waals surface area contributed by atoms with Gasteiger partial charge in [-0.3, -0.25) is 0 Å². The number of rotatable bonds is 0. The average molecular weight is 401 g/mol. The van der Waals surface area contributed by atoms with E-state index in [2.05, 4.69) is 0 Å². The third kappa shape index (κ3) is 58.7. The normalized spacial score (nSPS) is 11.2. The van der Waals surface area contributed by atoms with Gasteiger partial charge in [-0.25, -0.2) is 0 Å². The maximum absolute atomic E-state index is 8.24. The van der Waals surface area contributed by atoms with Crippen molar-refractivity contribution in [2.24, 2.45) is 0 Å². The van der Waals surface area contributed by atoms with Crippen molar-refractivity contribution in [2.75, 3.05) is 0 Å². The second-order valence-electron chi connectivity index (χ2n) is 2.30. The number of hydrogen-bond donors (Lipinski definition) is 2. The molecule has 1 rings (SSSR count). The molecule has 0 radical (unpaired) electrons. The van der Waals surface area contributed by atoms with Gasteiger partial charge in [0.15, 0.2) is 0 Å². The summed E-state index contributed by atoms with van der Waals surface area (Å²) >= 11 is 0. The van der Waals surface area contributed by atoms with Crippen molar-refractivity contribution in [1.82, 2.24) is 0 Å². The maximum atomic E-state index is 8.24. The molecule has 7 heteroatoms. The van der Waals surface area contributed by atoms with Crippen LogP contribution in [-0.4, -0.2) is 23.2 Å². The summed E-state index contributed by atoms with van der Waals surface area (Å²) in [4.78, 5) is 16.5. The number of hydrogen-bond acceptors (Lipinski definition) is 2. The van der Waals surface area contributed by atoms with Crippen LogP contribution in [0.2, 0.25) is 0 Å². The molecule has 0 aromatic rings. The molecule has 0 heterocycles. The molecule has 1 fully saturated rings. The van der Waals surface area contributed by atoms with Crippen LogP contribution in [0.15, 0.2) is 0 Å². The Kier molecular flexibility index (Phi) is 73.1. The molecule has 0 bridgehead atoms. The van der Waals surface area contributed by atoms with Gasteiger partial charge in [-0.2, -0.15) is 0 Å². The largest absolute Gasteiger partial charge is 4.00 e. The molecule has 94 valence electrons. The molecular formula is C8H18N2O4Pt. The molecule has 6 N–H and O–H groups in total. The van der Waals surface area contributed by atoms with E-state index in [4.69, 9.17) is 19.8 Å². The predicted octanol–water partition coefficient (Wildman–Crippen LogP) is 3.00. The Hall–Kier alpha value is -0.452. The molecule has 0 aliphatic heterocycles. The van der Waals surface area contributed by atoms with E-state index in [-0.39, 0.29) is 33.4 Å². The van der Waals surface area contributed by atoms with Crippen LogP contribution >= 0.6 is 0 Å². The number of aliphatic hydroxyl groups excluding tert-OH is 2. The van der Waals surface area contributed by atoms with Crippen molar-refractivity contribution >= 4 is 12.9 Å². The molecule has 0 spiro atoms. The van der Waals surface area contributed by atoms with E-state index in [9.17, 15) is 0 Å². The van der Waals surface area contributed by atoms with Gasteiger partial charge < -0.3 is 32.1 Å². The Morgan fingerprint density at radius 1 is 0.667 bits per heavy atom. The van der Waals surface area contributed by atoms with Crippen molar-refractivity contribution in [2.45, 2.75) is 38.5 Å². The fraction of sp³-hybridized carbons (Fsp3) is 0.750. The summed E-state index contributed by atoms with van der Waals surface area (Å²) < 4.78 is 0. The second kappa shape index (κ2) is 37.4. The van der Waals surface area contributed by atoms with Crippen molar-refractivity contribution in [3.63, 3.8) is 0 Å². The zero-order valence-corrected chi connectivity index (χ0v) is 10.7. The van der Waals surface area contributed by atoms with Crippen LogP contribution < -0.4 is 0 Å². The summed E-state index contributed by atoms with van der Waals surface area (Å²) in [5.74, 6) is 0. The molecule has 0 aromatic carbocycles. The van der Waals surface area contributed by atoms with Crippen LogP contribution in [0.1, 0.15) is 38.5 Å². The molecule has 1 aliphatic rings. The van der Waals surface area contributed by atoms with Crippen molar-refractivity contribution in [3.8, 4) is 0 Å². The molecule has 1 aliphatic carbocycles. The maximum Gasteiger partial charge on any atom is 4.00 e. The Morgan fingerprint density at radius 2 is 0.733 bits per heavy atom. The molecule has 0 saturated heterocycles. The minimum Gasteiger partial charge on any atom is -0.693 e. The zero-order valence-electron chi connectivity index (χ0n) is 8.42. The Morgan fingerprint density at radius 3 is 0.800 bits per heavy atom. The minimum atomic E-state index is 0. The zero-order chi connectivity index (χ0) is 9.66. The monoisotopic (exact) mass is 401 g/mol. The van der Waals surface area contributed by atoms with Gasteiger partial charge in [0.1, 0.15) is 0 Å². The first-order valence-electron chi connectivity index (χ1n) is 3.86. The fourth-order valence-electron chi connectivity index (χ4n) is 1.06. The standard InChI is InChI=1S/C6H12.2CHO2.2H2N.Pt/c1-2-4-6-5-3-1;2*2-1-3;;;/h1-6H2;2*(H,2,3);2*1H2;/q;4*-1;+4.